The third-order valence-corrected chi connectivity index (χ3v) is 6.71. The van der Waals surface area contributed by atoms with Gasteiger partial charge in [-0.05, 0) is 42.1 Å². The quantitative estimate of drug-likeness (QED) is 0.531. The van der Waals surface area contributed by atoms with Gasteiger partial charge in [0.25, 0.3) is 5.91 Å². The highest BCUT2D eigenvalue weighted by Crippen LogP contribution is 2.22. The van der Waals surface area contributed by atoms with Crippen LogP contribution in [0.4, 0.5) is 5.82 Å². The maximum Gasteiger partial charge on any atom is 0.256 e. The van der Waals surface area contributed by atoms with Crippen molar-refractivity contribution in [2.75, 3.05) is 11.9 Å². The molecule has 7 nitrogen and oxygen atoms in total. The van der Waals surface area contributed by atoms with Crippen LogP contribution in [0.1, 0.15) is 41.7 Å². The number of H-pyrrole nitrogens is 1. The maximum atomic E-state index is 12.4. The van der Waals surface area contributed by atoms with Crippen LogP contribution in [0.15, 0.2) is 52.7 Å². The molecular weight excluding hydrogens is 408 g/mol. The summed E-state index contributed by atoms with van der Waals surface area (Å²) in [6.07, 6.45) is 0.637. The number of nitrogens with one attached hydrogen (secondary N) is 3. The van der Waals surface area contributed by atoms with Crippen LogP contribution in [-0.4, -0.2) is 31.1 Å². The predicted molar refractivity (Wildman–Crippen MR) is 115 cm³/mol. The predicted octanol–water partition coefficient (Wildman–Crippen LogP) is 3.54. The van der Waals surface area contributed by atoms with Crippen molar-refractivity contribution in [1.29, 1.82) is 0 Å². The maximum absolute atomic E-state index is 12.4. The van der Waals surface area contributed by atoms with Gasteiger partial charge in [-0.2, -0.15) is 5.10 Å². The summed E-state index contributed by atoms with van der Waals surface area (Å²) < 4.78 is 27.4. The van der Waals surface area contributed by atoms with Crippen molar-refractivity contribution in [3.63, 3.8) is 0 Å². The molecule has 0 saturated heterocycles. The number of hydrogen-bond donors (Lipinski definition) is 3. The number of nitrogens with zero attached hydrogens (tertiary/aromatic N) is 1. The van der Waals surface area contributed by atoms with Gasteiger partial charge in [0.15, 0.2) is 5.82 Å². The number of sulfonamides is 1. The zero-order chi connectivity index (χ0) is 21.1. The monoisotopic (exact) mass is 432 g/mol. The Morgan fingerprint density at radius 3 is 2.48 bits per heavy atom. The summed E-state index contributed by atoms with van der Waals surface area (Å²) >= 11 is 1.59. The molecule has 1 amide bonds. The molecule has 3 aromatic rings. The highest BCUT2D eigenvalue weighted by atomic mass is 32.2. The third kappa shape index (κ3) is 5.53. The second-order valence-electron chi connectivity index (χ2n) is 7.62. The van der Waals surface area contributed by atoms with Gasteiger partial charge >= 0.3 is 0 Å². The molecule has 0 bridgehead atoms. The first-order chi connectivity index (χ1) is 13.6. The third-order valence-electron chi connectivity index (χ3n) is 4.30. The van der Waals surface area contributed by atoms with Gasteiger partial charge in [0, 0.05) is 34.2 Å². The molecule has 3 rings (SSSR count). The Kier molecular flexibility index (Phi) is 6.21. The first-order valence-electron chi connectivity index (χ1n) is 9.14. The Balaban J connectivity index is 1.61. The van der Waals surface area contributed by atoms with E-state index >= 15 is 0 Å². The lowest BCUT2D eigenvalue weighted by atomic mass is 9.92. The van der Waals surface area contributed by atoms with E-state index in [0.717, 1.165) is 10.6 Å². The van der Waals surface area contributed by atoms with E-state index in [0.29, 0.717) is 24.3 Å². The van der Waals surface area contributed by atoms with Gasteiger partial charge in [-0.25, -0.2) is 13.1 Å². The van der Waals surface area contributed by atoms with Gasteiger partial charge in [0.1, 0.15) is 0 Å². The average Bonchev–Trinajstić information content (AvgIpc) is 3.33. The number of rotatable bonds is 7. The molecule has 0 aliphatic rings. The standard InChI is InChI=1S/C20H24N4O3S2/c1-20(2,3)17-13-18(24-23-17)22-19(25)14-6-8-16(9-7-14)29(26,27)21-11-10-15-5-4-12-28-15/h4-9,12-13,21H,10-11H2,1-3H3,(H2,22,23,24,25). The number of aromatic nitrogens is 2. The smallest absolute Gasteiger partial charge is 0.256 e. The Hall–Kier alpha value is -2.49. The van der Waals surface area contributed by atoms with Gasteiger partial charge < -0.3 is 5.32 Å². The van der Waals surface area contributed by atoms with Crippen LogP contribution >= 0.6 is 11.3 Å². The fourth-order valence-corrected chi connectivity index (χ4v) is 4.33. The number of hydrogen-bond acceptors (Lipinski definition) is 5. The van der Waals surface area contributed by atoms with Crippen molar-refractivity contribution in [2.45, 2.75) is 37.5 Å². The molecule has 0 saturated carbocycles. The Morgan fingerprint density at radius 2 is 1.90 bits per heavy atom. The molecule has 0 atom stereocenters. The summed E-state index contributed by atoms with van der Waals surface area (Å²) in [5.41, 5.74) is 1.15. The molecule has 9 heteroatoms. The molecule has 2 aromatic heterocycles. The fourth-order valence-electron chi connectivity index (χ4n) is 2.59. The zero-order valence-corrected chi connectivity index (χ0v) is 18.2. The SMILES string of the molecule is CC(C)(C)c1cc(NC(=O)c2ccc(S(=O)(=O)NCCc3cccs3)cc2)n[nH]1. The Bertz CT molecular complexity index is 1060. The Labute approximate surface area is 174 Å². The molecule has 1 aromatic carbocycles. The number of anilines is 1. The van der Waals surface area contributed by atoms with E-state index in [1.807, 2.05) is 38.3 Å². The minimum absolute atomic E-state index is 0.109. The van der Waals surface area contributed by atoms with Crippen LogP contribution in [0, 0.1) is 0 Å². The van der Waals surface area contributed by atoms with Crippen molar-refractivity contribution in [3.05, 3.63) is 64.0 Å². The largest absolute Gasteiger partial charge is 0.305 e. The summed E-state index contributed by atoms with van der Waals surface area (Å²) in [6.45, 7) is 6.44. The van der Waals surface area contributed by atoms with Crippen LogP contribution in [0.3, 0.4) is 0 Å². The zero-order valence-electron chi connectivity index (χ0n) is 16.5. The van der Waals surface area contributed by atoms with Gasteiger partial charge in [0.05, 0.1) is 4.90 Å². The highest BCUT2D eigenvalue weighted by Gasteiger charge is 2.18. The van der Waals surface area contributed by atoms with Crippen molar-refractivity contribution in [1.82, 2.24) is 14.9 Å². The minimum Gasteiger partial charge on any atom is -0.305 e. The summed E-state index contributed by atoms with van der Waals surface area (Å²) in [5, 5.41) is 11.7. The molecule has 0 spiro atoms. The van der Waals surface area contributed by atoms with E-state index in [4.69, 9.17) is 0 Å². The summed E-state index contributed by atoms with van der Waals surface area (Å²) in [4.78, 5) is 13.6. The minimum atomic E-state index is -3.62. The number of amides is 1. The molecule has 29 heavy (non-hydrogen) atoms. The number of thiophene rings is 1. The average molecular weight is 433 g/mol. The molecule has 0 aliphatic carbocycles. The van der Waals surface area contributed by atoms with Crippen LogP contribution in [-0.2, 0) is 21.9 Å². The number of carbonyl (C=O) groups is 1. The molecule has 0 radical (unpaired) electrons. The lowest BCUT2D eigenvalue weighted by Gasteiger charge is -2.14. The number of carbonyl (C=O) groups excluding carboxylic acids is 1. The van der Waals surface area contributed by atoms with Crippen molar-refractivity contribution in [3.8, 4) is 0 Å². The van der Waals surface area contributed by atoms with Crippen LogP contribution in [0.5, 0.6) is 0 Å². The second-order valence-corrected chi connectivity index (χ2v) is 10.4. The second kappa shape index (κ2) is 8.48. The molecule has 154 valence electrons. The van der Waals surface area contributed by atoms with Gasteiger partial charge in [-0.1, -0.05) is 26.8 Å². The lowest BCUT2D eigenvalue weighted by Crippen LogP contribution is -2.26. The van der Waals surface area contributed by atoms with E-state index in [1.54, 1.807) is 17.4 Å². The fraction of sp³-hybridized carbons (Fsp3) is 0.300. The number of benzene rings is 1. The normalized spacial score (nSPS) is 12.1. The molecule has 0 unspecified atom stereocenters. The molecule has 2 heterocycles. The topological polar surface area (TPSA) is 104 Å². The van der Waals surface area contributed by atoms with Crippen LogP contribution in [0.25, 0.3) is 0 Å². The van der Waals surface area contributed by atoms with Gasteiger partial charge in [-0.3, -0.25) is 9.89 Å². The Morgan fingerprint density at radius 1 is 1.17 bits per heavy atom. The highest BCUT2D eigenvalue weighted by molar-refractivity contribution is 7.89. The number of aromatic amines is 1. The van der Waals surface area contributed by atoms with E-state index in [9.17, 15) is 13.2 Å². The van der Waals surface area contributed by atoms with Crippen molar-refractivity contribution < 1.29 is 13.2 Å². The van der Waals surface area contributed by atoms with Gasteiger partial charge in [0.2, 0.25) is 10.0 Å². The molecule has 0 aliphatic heterocycles. The summed E-state index contributed by atoms with van der Waals surface area (Å²) in [5.74, 6) is 0.0680. The van der Waals surface area contributed by atoms with Crippen molar-refractivity contribution >= 4 is 33.1 Å². The van der Waals surface area contributed by atoms with Crippen LogP contribution in [0.2, 0.25) is 0 Å². The molecule has 0 fully saturated rings. The van der Waals surface area contributed by atoms with E-state index in [-0.39, 0.29) is 16.2 Å². The first kappa shape index (κ1) is 21.2. The summed E-state index contributed by atoms with van der Waals surface area (Å²) in [7, 11) is -3.62. The first-order valence-corrected chi connectivity index (χ1v) is 11.5. The molecule has 3 N–H and O–H groups in total. The lowest BCUT2D eigenvalue weighted by molar-refractivity contribution is 0.102. The summed E-state index contributed by atoms with van der Waals surface area (Å²) in [6, 6.07) is 11.5. The van der Waals surface area contributed by atoms with E-state index in [1.165, 1.54) is 24.3 Å². The van der Waals surface area contributed by atoms with E-state index in [2.05, 4.69) is 20.2 Å². The molecular formula is C20H24N4O3S2. The van der Waals surface area contributed by atoms with Crippen molar-refractivity contribution in [2.24, 2.45) is 0 Å². The van der Waals surface area contributed by atoms with Crippen LogP contribution < -0.4 is 10.0 Å². The van der Waals surface area contributed by atoms with Gasteiger partial charge in [-0.15, -0.1) is 11.3 Å². The van der Waals surface area contributed by atoms with E-state index < -0.39 is 10.0 Å².